The quantitative estimate of drug-likeness (QED) is 0.865. The van der Waals surface area contributed by atoms with Gasteiger partial charge in [-0.1, -0.05) is 30.3 Å². The van der Waals surface area contributed by atoms with E-state index in [1.807, 2.05) is 18.2 Å². The summed E-state index contributed by atoms with van der Waals surface area (Å²) in [5, 5.41) is 10.2. The number of methoxy groups -OCH3 is 1. The van der Waals surface area contributed by atoms with Gasteiger partial charge in [-0.15, -0.1) is 0 Å². The number of allylic oxidation sites excluding steroid dienone is 1. The van der Waals surface area contributed by atoms with Crippen molar-refractivity contribution in [1.82, 2.24) is 0 Å². The lowest BCUT2D eigenvalue weighted by atomic mass is 9.81. The number of benzene rings is 2. The monoisotopic (exact) mass is 308 g/mol. The van der Waals surface area contributed by atoms with Gasteiger partial charge >= 0.3 is 0 Å². The third-order valence-electron chi connectivity index (χ3n) is 4.61. The highest BCUT2D eigenvalue weighted by Gasteiger charge is 2.42. The van der Waals surface area contributed by atoms with Gasteiger partial charge in [-0.05, 0) is 26.0 Å². The van der Waals surface area contributed by atoms with Crippen molar-refractivity contribution in [3.05, 3.63) is 59.7 Å². The van der Waals surface area contributed by atoms with Crippen LogP contribution in [0.3, 0.4) is 0 Å². The van der Waals surface area contributed by atoms with Crippen molar-refractivity contribution in [3.8, 4) is 11.5 Å². The number of para-hydroxylation sites is 2. The highest BCUT2D eigenvalue weighted by Crippen LogP contribution is 2.39. The van der Waals surface area contributed by atoms with Gasteiger partial charge in [-0.3, -0.25) is 0 Å². The fourth-order valence-electron chi connectivity index (χ4n) is 3.31. The van der Waals surface area contributed by atoms with Gasteiger partial charge in [0.05, 0.1) is 12.5 Å². The Balaban J connectivity index is 2.03. The third kappa shape index (κ3) is 2.42. The van der Waals surface area contributed by atoms with E-state index in [1.54, 1.807) is 13.2 Å². The van der Waals surface area contributed by atoms with Crippen LogP contribution in [0.5, 0.6) is 11.5 Å². The second kappa shape index (κ2) is 5.58. The lowest BCUT2D eigenvalue weighted by molar-refractivity contribution is -0.401. The first kappa shape index (κ1) is 15.3. The molecule has 0 saturated heterocycles. The zero-order valence-electron chi connectivity index (χ0n) is 14.0. The molecule has 0 bridgehead atoms. The van der Waals surface area contributed by atoms with Gasteiger partial charge in [-0.25, -0.2) is 0 Å². The fourth-order valence-corrected chi connectivity index (χ4v) is 3.31. The third-order valence-corrected chi connectivity index (χ3v) is 4.61. The van der Waals surface area contributed by atoms with E-state index in [-0.39, 0.29) is 11.2 Å². The van der Waals surface area contributed by atoms with E-state index < -0.39 is 0 Å². The Bertz CT molecular complexity index is 816. The van der Waals surface area contributed by atoms with Crippen molar-refractivity contribution in [1.29, 1.82) is 0 Å². The minimum Gasteiger partial charge on any atom is -0.504 e. The summed E-state index contributed by atoms with van der Waals surface area (Å²) in [6.45, 7) is 4.45. The van der Waals surface area contributed by atoms with Crippen molar-refractivity contribution in [2.24, 2.45) is 0 Å². The molecule has 2 aromatic rings. The summed E-state index contributed by atoms with van der Waals surface area (Å²) in [6.07, 6.45) is 4.02. The van der Waals surface area contributed by atoms with Gasteiger partial charge in [0.2, 0.25) is 5.69 Å². The normalized spacial score (nSPS) is 16.0. The van der Waals surface area contributed by atoms with Gasteiger partial charge < -0.3 is 9.84 Å². The van der Waals surface area contributed by atoms with Crippen molar-refractivity contribution in [3.63, 3.8) is 0 Å². The lowest BCUT2D eigenvalue weighted by Crippen LogP contribution is -2.26. The number of ether oxygens (including phenoxy) is 1. The number of hydrogen-bond acceptors (Lipinski definition) is 2. The molecule has 1 aliphatic heterocycles. The maximum Gasteiger partial charge on any atom is 0.209 e. The number of phenolic OH excluding ortho intramolecular Hbond substituents is 1. The van der Waals surface area contributed by atoms with Gasteiger partial charge in [0.1, 0.15) is 7.05 Å². The molecular formula is C20H22NO2+. The second-order valence-electron chi connectivity index (χ2n) is 6.32. The molecule has 0 unspecified atom stereocenters. The number of phenols is 1. The van der Waals surface area contributed by atoms with Crippen LogP contribution in [0.1, 0.15) is 25.0 Å². The molecule has 0 radical (unpaired) electrons. The molecule has 0 saturated carbocycles. The molecule has 0 aliphatic carbocycles. The first-order valence-corrected chi connectivity index (χ1v) is 7.71. The zero-order chi connectivity index (χ0) is 16.6. The summed E-state index contributed by atoms with van der Waals surface area (Å²) >= 11 is 0. The predicted octanol–water partition coefficient (Wildman–Crippen LogP) is 4.12. The van der Waals surface area contributed by atoms with E-state index in [0.717, 1.165) is 5.56 Å². The summed E-state index contributed by atoms with van der Waals surface area (Å²) in [6, 6.07) is 14.0. The standard InChI is InChI=1S/C20H21NO2/c1-20(2)15-9-5-6-10-16(15)21(3)18(20)13-12-14-8-7-11-17(23-4)19(14)22/h5-13H,1-4H3/p+1. The van der Waals surface area contributed by atoms with Crippen LogP contribution in [0.25, 0.3) is 6.08 Å². The summed E-state index contributed by atoms with van der Waals surface area (Å²) in [4.78, 5) is 0. The molecule has 1 aliphatic rings. The first-order valence-electron chi connectivity index (χ1n) is 7.71. The average Bonchev–Trinajstić information content (AvgIpc) is 2.74. The highest BCUT2D eigenvalue weighted by molar-refractivity contribution is 6.05. The van der Waals surface area contributed by atoms with Crippen molar-refractivity contribution in [2.75, 3.05) is 14.2 Å². The van der Waals surface area contributed by atoms with Crippen molar-refractivity contribution < 1.29 is 14.4 Å². The number of aromatic hydroxyl groups is 1. The summed E-state index contributed by atoms with van der Waals surface area (Å²) in [7, 11) is 3.64. The van der Waals surface area contributed by atoms with Crippen LogP contribution < -0.4 is 4.74 Å². The molecule has 118 valence electrons. The topological polar surface area (TPSA) is 32.5 Å². The number of nitrogens with zero attached hydrogens (tertiary/aromatic N) is 1. The molecule has 3 heteroatoms. The summed E-state index contributed by atoms with van der Waals surface area (Å²) in [5.74, 6) is 0.655. The minimum absolute atomic E-state index is 0.0731. The van der Waals surface area contributed by atoms with Crippen LogP contribution in [0, 0.1) is 0 Å². The highest BCUT2D eigenvalue weighted by atomic mass is 16.5. The molecular weight excluding hydrogens is 286 g/mol. The molecule has 0 fully saturated rings. The Morgan fingerprint density at radius 3 is 2.48 bits per heavy atom. The molecule has 2 aromatic carbocycles. The molecule has 0 atom stereocenters. The average molecular weight is 308 g/mol. The smallest absolute Gasteiger partial charge is 0.209 e. The summed E-state index contributed by atoms with van der Waals surface area (Å²) in [5.41, 5.74) is 4.41. The molecule has 0 spiro atoms. The van der Waals surface area contributed by atoms with Gasteiger partial charge in [-0.2, -0.15) is 4.58 Å². The van der Waals surface area contributed by atoms with Gasteiger partial charge in [0, 0.05) is 23.3 Å². The first-order chi connectivity index (χ1) is 11.0. The number of fused-ring (bicyclic) bond motifs is 1. The van der Waals surface area contributed by atoms with Gasteiger partial charge in [0.15, 0.2) is 17.2 Å². The maximum atomic E-state index is 10.2. The van der Waals surface area contributed by atoms with E-state index in [0.29, 0.717) is 5.75 Å². The van der Waals surface area contributed by atoms with E-state index in [9.17, 15) is 5.11 Å². The lowest BCUT2D eigenvalue weighted by Gasteiger charge is -2.15. The van der Waals surface area contributed by atoms with Crippen LogP contribution in [0.15, 0.2) is 48.5 Å². The van der Waals surface area contributed by atoms with Crippen LogP contribution >= 0.6 is 0 Å². The second-order valence-corrected chi connectivity index (χ2v) is 6.32. The SMILES string of the molecule is COc1cccc(/C=C/C2=[N+](C)c3ccccc3C2(C)C)c1O. The van der Waals surface area contributed by atoms with Crippen LogP contribution in [0.4, 0.5) is 5.69 Å². The molecule has 3 nitrogen and oxygen atoms in total. The van der Waals surface area contributed by atoms with E-state index in [1.165, 1.54) is 17.0 Å². The largest absolute Gasteiger partial charge is 0.504 e. The minimum atomic E-state index is -0.0731. The molecule has 0 aromatic heterocycles. The Morgan fingerprint density at radius 2 is 1.78 bits per heavy atom. The van der Waals surface area contributed by atoms with Crippen molar-refractivity contribution >= 4 is 17.5 Å². The molecule has 0 amide bonds. The van der Waals surface area contributed by atoms with E-state index in [2.05, 4.69) is 55.8 Å². The molecule has 3 rings (SSSR count). The Labute approximate surface area is 137 Å². The zero-order valence-corrected chi connectivity index (χ0v) is 14.0. The number of rotatable bonds is 3. The molecule has 1 heterocycles. The van der Waals surface area contributed by atoms with E-state index >= 15 is 0 Å². The van der Waals surface area contributed by atoms with Crippen LogP contribution in [-0.2, 0) is 5.41 Å². The summed E-state index contributed by atoms with van der Waals surface area (Å²) < 4.78 is 7.38. The maximum absolute atomic E-state index is 10.2. The molecule has 23 heavy (non-hydrogen) atoms. The van der Waals surface area contributed by atoms with E-state index in [4.69, 9.17) is 4.74 Å². The Kier molecular flexibility index (Phi) is 3.72. The Morgan fingerprint density at radius 1 is 1.04 bits per heavy atom. The number of hydrogen-bond donors (Lipinski definition) is 1. The Hall–Kier alpha value is -2.55. The van der Waals surface area contributed by atoms with Gasteiger partial charge in [0.25, 0.3) is 0 Å². The van der Waals surface area contributed by atoms with Crippen LogP contribution in [0.2, 0.25) is 0 Å². The van der Waals surface area contributed by atoms with Crippen molar-refractivity contribution in [2.45, 2.75) is 19.3 Å². The molecule has 1 N–H and O–H groups in total. The fraction of sp³-hybridized carbons (Fsp3) is 0.250. The predicted molar refractivity (Wildman–Crippen MR) is 94.0 cm³/mol. The van der Waals surface area contributed by atoms with Crippen LogP contribution in [-0.4, -0.2) is 29.6 Å².